The van der Waals surface area contributed by atoms with Crippen LogP contribution in [0.4, 0.5) is 10.1 Å². The molecule has 0 bridgehead atoms. The fourth-order valence-electron chi connectivity index (χ4n) is 1.93. The van der Waals surface area contributed by atoms with Crippen molar-refractivity contribution in [2.75, 3.05) is 11.9 Å². The van der Waals surface area contributed by atoms with Crippen molar-refractivity contribution in [3.63, 3.8) is 0 Å². The number of aromatic nitrogens is 1. The SMILES string of the molecule is CN(Cc1ccccn1)c1cccc(F)c1CN. The predicted molar refractivity (Wildman–Crippen MR) is 70.6 cm³/mol. The molecule has 0 saturated heterocycles. The lowest BCUT2D eigenvalue weighted by Gasteiger charge is -2.22. The zero-order valence-corrected chi connectivity index (χ0v) is 10.3. The molecule has 18 heavy (non-hydrogen) atoms. The maximum atomic E-state index is 13.6. The smallest absolute Gasteiger partial charge is 0.129 e. The van der Waals surface area contributed by atoms with E-state index in [0.717, 1.165) is 11.4 Å². The standard InChI is InChI=1S/C14H16FN3/c1-18(10-11-5-2-3-8-17-11)14-7-4-6-13(15)12(14)9-16/h2-8H,9-10,16H2,1H3. The molecule has 3 nitrogen and oxygen atoms in total. The lowest BCUT2D eigenvalue weighted by atomic mass is 10.1. The predicted octanol–water partition coefficient (Wildman–Crippen LogP) is 2.32. The Morgan fingerprint density at radius 3 is 2.72 bits per heavy atom. The molecule has 0 aliphatic rings. The number of hydrogen-bond acceptors (Lipinski definition) is 3. The molecule has 0 saturated carbocycles. The van der Waals surface area contributed by atoms with Crippen molar-refractivity contribution < 1.29 is 4.39 Å². The molecule has 1 aromatic heterocycles. The van der Waals surface area contributed by atoms with E-state index in [2.05, 4.69) is 4.98 Å². The Balaban J connectivity index is 2.24. The van der Waals surface area contributed by atoms with Gasteiger partial charge in [-0.1, -0.05) is 12.1 Å². The van der Waals surface area contributed by atoms with E-state index in [1.165, 1.54) is 6.07 Å². The summed E-state index contributed by atoms with van der Waals surface area (Å²) in [5.41, 5.74) is 7.88. The van der Waals surface area contributed by atoms with Gasteiger partial charge in [-0.15, -0.1) is 0 Å². The highest BCUT2D eigenvalue weighted by molar-refractivity contribution is 5.53. The van der Waals surface area contributed by atoms with Crippen LogP contribution in [0.2, 0.25) is 0 Å². The molecule has 0 radical (unpaired) electrons. The van der Waals surface area contributed by atoms with Crippen molar-refractivity contribution in [1.29, 1.82) is 0 Å². The number of nitrogens with two attached hydrogens (primary N) is 1. The van der Waals surface area contributed by atoms with Crippen molar-refractivity contribution in [1.82, 2.24) is 4.98 Å². The molecule has 4 heteroatoms. The van der Waals surface area contributed by atoms with Crippen LogP contribution in [0.25, 0.3) is 0 Å². The molecule has 0 spiro atoms. The zero-order chi connectivity index (χ0) is 13.0. The van der Waals surface area contributed by atoms with E-state index in [4.69, 9.17) is 5.73 Å². The third kappa shape index (κ3) is 2.65. The molecule has 94 valence electrons. The summed E-state index contributed by atoms with van der Waals surface area (Å²) in [4.78, 5) is 6.21. The van der Waals surface area contributed by atoms with Crippen LogP contribution >= 0.6 is 0 Å². The van der Waals surface area contributed by atoms with Crippen molar-refractivity contribution in [3.8, 4) is 0 Å². The lowest BCUT2D eigenvalue weighted by molar-refractivity contribution is 0.609. The van der Waals surface area contributed by atoms with E-state index >= 15 is 0 Å². The first-order chi connectivity index (χ1) is 8.72. The van der Waals surface area contributed by atoms with E-state index in [9.17, 15) is 4.39 Å². The van der Waals surface area contributed by atoms with Crippen LogP contribution in [0.1, 0.15) is 11.3 Å². The number of pyridine rings is 1. The summed E-state index contributed by atoms with van der Waals surface area (Å²) < 4.78 is 13.6. The van der Waals surface area contributed by atoms with E-state index in [1.54, 1.807) is 12.3 Å². The van der Waals surface area contributed by atoms with Crippen LogP contribution in [0.15, 0.2) is 42.6 Å². The molecule has 2 rings (SSSR count). The topological polar surface area (TPSA) is 42.2 Å². The summed E-state index contributed by atoms with van der Waals surface area (Å²) in [5.74, 6) is -0.261. The van der Waals surface area contributed by atoms with Crippen LogP contribution < -0.4 is 10.6 Å². The van der Waals surface area contributed by atoms with Crippen molar-refractivity contribution in [2.24, 2.45) is 5.73 Å². The Morgan fingerprint density at radius 2 is 2.06 bits per heavy atom. The molecule has 1 aromatic carbocycles. The molecule has 0 fully saturated rings. The maximum Gasteiger partial charge on any atom is 0.129 e. The molecular formula is C14H16FN3. The number of anilines is 1. The largest absolute Gasteiger partial charge is 0.368 e. The molecule has 0 aliphatic carbocycles. The van der Waals surface area contributed by atoms with E-state index in [1.807, 2.05) is 36.2 Å². The second kappa shape index (κ2) is 5.60. The monoisotopic (exact) mass is 245 g/mol. The normalized spacial score (nSPS) is 10.4. The van der Waals surface area contributed by atoms with Crippen molar-refractivity contribution in [2.45, 2.75) is 13.1 Å². The molecule has 0 aliphatic heterocycles. The van der Waals surface area contributed by atoms with Crippen molar-refractivity contribution in [3.05, 3.63) is 59.7 Å². The van der Waals surface area contributed by atoms with Crippen LogP contribution in [0, 0.1) is 5.82 Å². The first-order valence-corrected chi connectivity index (χ1v) is 5.81. The summed E-state index contributed by atoms with van der Waals surface area (Å²) in [5, 5.41) is 0. The third-order valence-corrected chi connectivity index (χ3v) is 2.83. The molecule has 2 aromatic rings. The fourth-order valence-corrected chi connectivity index (χ4v) is 1.93. The molecule has 2 N–H and O–H groups in total. The van der Waals surface area contributed by atoms with Gasteiger partial charge in [0.05, 0.1) is 12.2 Å². The van der Waals surface area contributed by atoms with Crippen molar-refractivity contribution >= 4 is 5.69 Å². The third-order valence-electron chi connectivity index (χ3n) is 2.83. The van der Waals surface area contributed by atoms with E-state index < -0.39 is 0 Å². The van der Waals surface area contributed by atoms with Crippen LogP contribution in [-0.4, -0.2) is 12.0 Å². The highest BCUT2D eigenvalue weighted by Crippen LogP contribution is 2.22. The quantitative estimate of drug-likeness (QED) is 0.898. The maximum absolute atomic E-state index is 13.6. The van der Waals surface area contributed by atoms with Gasteiger partial charge in [-0.3, -0.25) is 4.98 Å². The summed E-state index contributed by atoms with van der Waals surface area (Å²) in [7, 11) is 1.91. The minimum absolute atomic E-state index is 0.189. The van der Waals surface area contributed by atoms with E-state index in [-0.39, 0.29) is 12.4 Å². The highest BCUT2D eigenvalue weighted by atomic mass is 19.1. The number of nitrogens with zero attached hydrogens (tertiary/aromatic N) is 2. The summed E-state index contributed by atoms with van der Waals surface area (Å²) >= 11 is 0. The molecule has 0 atom stereocenters. The average Bonchev–Trinajstić information content (AvgIpc) is 2.39. The van der Waals surface area contributed by atoms with E-state index in [0.29, 0.717) is 12.1 Å². The van der Waals surface area contributed by atoms with Gasteiger partial charge < -0.3 is 10.6 Å². The zero-order valence-electron chi connectivity index (χ0n) is 10.3. The molecule has 0 amide bonds. The Bertz CT molecular complexity index is 514. The molecule has 1 heterocycles. The highest BCUT2D eigenvalue weighted by Gasteiger charge is 2.11. The van der Waals surface area contributed by atoms with Gasteiger partial charge in [0.15, 0.2) is 0 Å². The number of halogens is 1. The van der Waals surface area contributed by atoms with Crippen LogP contribution in [0.5, 0.6) is 0 Å². The Hall–Kier alpha value is -1.94. The van der Waals surface area contributed by atoms with Gasteiger partial charge in [-0.05, 0) is 24.3 Å². The summed E-state index contributed by atoms with van der Waals surface area (Å²) in [6.45, 7) is 0.811. The summed E-state index contributed by atoms with van der Waals surface area (Å²) in [6, 6.07) is 10.7. The van der Waals surface area contributed by atoms with Gasteiger partial charge in [-0.2, -0.15) is 0 Å². The van der Waals surface area contributed by atoms with Gasteiger partial charge in [0.25, 0.3) is 0 Å². The Kier molecular flexibility index (Phi) is 3.89. The number of benzene rings is 1. The second-order valence-corrected chi connectivity index (χ2v) is 4.12. The number of hydrogen-bond donors (Lipinski definition) is 1. The second-order valence-electron chi connectivity index (χ2n) is 4.12. The fraction of sp³-hybridized carbons (Fsp3) is 0.214. The number of rotatable bonds is 4. The van der Waals surface area contributed by atoms with Crippen LogP contribution in [0.3, 0.4) is 0 Å². The summed E-state index contributed by atoms with van der Waals surface area (Å²) in [6.07, 6.45) is 1.75. The minimum atomic E-state index is -0.261. The van der Waals surface area contributed by atoms with Gasteiger partial charge in [0.1, 0.15) is 5.82 Å². The van der Waals surface area contributed by atoms with Gasteiger partial charge >= 0.3 is 0 Å². The first kappa shape index (κ1) is 12.5. The Morgan fingerprint density at radius 1 is 1.22 bits per heavy atom. The van der Waals surface area contributed by atoms with Gasteiger partial charge in [-0.25, -0.2) is 4.39 Å². The average molecular weight is 245 g/mol. The van der Waals surface area contributed by atoms with Gasteiger partial charge in [0, 0.05) is 31.0 Å². The Labute approximate surface area is 106 Å². The first-order valence-electron chi connectivity index (χ1n) is 5.81. The lowest BCUT2D eigenvalue weighted by Crippen LogP contribution is -2.20. The minimum Gasteiger partial charge on any atom is -0.368 e. The molecular weight excluding hydrogens is 229 g/mol. The van der Waals surface area contributed by atoms with Gasteiger partial charge in [0.2, 0.25) is 0 Å². The molecule has 0 unspecified atom stereocenters. The van der Waals surface area contributed by atoms with Crippen LogP contribution in [-0.2, 0) is 13.1 Å².